The van der Waals surface area contributed by atoms with Crippen molar-refractivity contribution in [3.63, 3.8) is 0 Å². The van der Waals surface area contributed by atoms with E-state index in [9.17, 15) is 0 Å². The van der Waals surface area contributed by atoms with Gasteiger partial charge in [0.25, 0.3) is 0 Å². The molecule has 1 aromatic heterocycles. The number of rotatable bonds is 7. The van der Waals surface area contributed by atoms with Crippen molar-refractivity contribution < 1.29 is 9.47 Å². The van der Waals surface area contributed by atoms with Crippen LogP contribution >= 0.6 is 0 Å². The van der Waals surface area contributed by atoms with Gasteiger partial charge in [-0.25, -0.2) is 0 Å². The zero-order valence-corrected chi connectivity index (χ0v) is 17.1. The molecule has 0 spiro atoms. The standard InChI is InChI=1S/C21H31N5O2/c1-4-22-21(23-10-7-12-27-19-9-6-5-8-17(19)2)26-11-13-28-20(16-26)18-14-24-25(3)15-18/h5-6,8-9,14-15,20H,4,7,10-13,16H2,1-3H3,(H,22,23). The molecule has 0 amide bonds. The second kappa shape index (κ2) is 10.1. The molecule has 2 heterocycles. The normalized spacial score (nSPS) is 17.6. The summed E-state index contributed by atoms with van der Waals surface area (Å²) >= 11 is 0. The number of morpholine rings is 1. The van der Waals surface area contributed by atoms with Gasteiger partial charge in [-0.1, -0.05) is 18.2 Å². The van der Waals surface area contributed by atoms with Crippen LogP contribution in [0, 0.1) is 6.92 Å². The number of hydrogen-bond acceptors (Lipinski definition) is 4. The van der Waals surface area contributed by atoms with Crippen LogP contribution in [0.25, 0.3) is 0 Å². The van der Waals surface area contributed by atoms with Gasteiger partial charge in [0.1, 0.15) is 11.9 Å². The summed E-state index contributed by atoms with van der Waals surface area (Å²) < 4.78 is 13.6. The van der Waals surface area contributed by atoms with Crippen LogP contribution in [-0.2, 0) is 11.8 Å². The SMILES string of the molecule is CCNC(=NCCCOc1ccccc1C)N1CCOC(c2cnn(C)c2)C1. The number of hydrogen-bond donors (Lipinski definition) is 1. The maximum Gasteiger partial charge on any atom is 0.194 e. The minimum Gasteiger partial charge on any atom is -0.493 e. The Morgan fingerprint density at radius 1 is 1.39 bits per heavy atom. The molecular formula is C21H31N5O2. The van der Waals surface area contributed by atoms with Crippen LogP contribution in [0.15, 0.2) is 41.7 Å². The molecule has 1 atom stereocenters. The van der Waals surface area contributed by atoms with E-state index < -0.39 is 0 Å². The smallest absolute Gasteiger partial charge is 0.194 e. The first kappa shape index (κ1) is 20.2. The number of aryl methyl sites for hydroxylation is 2. The summed E-state index contributed by atoms with van der Waals surface area (Å²) in [6.07, 6.45) is 4.79. The van der Waals surface area contributed by atoms with Gasteiger partial charge in [-0.15, -0.1) is 0 Å². The Bertz CT molecular complexity index is 774. The fourth-order valence-electron chi connectivity index (χ4n) is 3.23. The van der Waals surface area contributed by atoms with Gasteiger partial charge in [-0.05, 0) is 25.5 Å². The highest BCUT2D eigenvalue weighted by molar-refractivity contribution is 5.80. The van der Waals surface area contributed by atoms with Crippen LogP contribution in [0.4, 0.5) is 0 Å². The Labute approximate surface area is 167 Å². The first-order valence-corrected chi connectivity index (χ1v) is 9.99. The third-order valence-corrected chi connectivity index (χ3v) is 4.71. The number of nitrogens with zero attached hydrogens (tertiary/aromatic N) is 4. The van der Waals surface area contributed by atoms with Crippen molar-refractivity contribution in [2.45, 2.75) is 26.4 Å². The number of para-hydroxylation sites is 1. The highest BCUT2D eigenvalue weighted by Crippen LogP contribution is 2.21. The average Bonchev–Trinajstić information content (AvgIpc) is 3.15. The predicted octanol–water partition coefficient (Wildman–Crippen LogP) is 2.54. The molecular weight excluding hydrogens is 354 g/mol. The van der Waals surface area contributed by atoms with Crippen molar-refractivity contribution in [2.24, 2.45) is 12.0 Å². The largest absolute Gasteiger partial charge is 0.493 e. The third-order valence-electron chi connectivity index (χ3n) is 4.71. The minimum atomic E-state index is 0.0238. The van der Waals surface area contributed by atoms with Crippen LogP contribution in [0.5, 0.6) is 5.75 Å². The van der Waals surface area contributed by atoms with Gasteiger partial charge in [-0.3, -0.25) is 9.67 Å². The fourth-order valence-corrected chi connectivity index (χ4v) is 3.23. The number of guanidine groups is 1. The lowest BCUT2D eigenvalue weighted by molar-refractivity contribution is -0.00804. The van der Waals surface area contributed by atoms with Crippen LogP contribution in [0.2, 0.25) is 0 Å². The summed E-state index contributed by atoms with van der Waals surface area (Å²) in [6.45, 7) is 8.68. The Balaban J connectivity index is 1.52. The molecule has 0 bridgehead atoms. The van der Waals surface area contributed by atoms with Crippen molar-refractivity contribution in [1.29, 1.82) is 0 Å². The van der Waals surface area contributed by atoms with Crippen LogP contribution in [0.1, 0.15) is 30.6 Å². The van der Waals surface area contributed by atoms with Crippen LogP contribution < -0.4 is 10.1 Å². The maximum atomic E-state index is 5.94. The first-order chi connectivity index (χ1) is 13.7. The topological polar surface area (TPSA) is 63.9 Å². The lowest BCUT2D eigenvalue weighted by atomic mass is 10.1. The number of nitrogens with one attached hydrogen (secondary N) is 1. The maximum absolute atomic E-state index is 5.94. The quantitative estimate of drug-likeness (QED) is 0.451. The van der Waals surface area contributed by atoms with E-state index in [0.717, 1.165) is 55.4 Å². The molecule has 7 heteroatoms. The van der Waals surface area contributed by atoms with Gasteiger partial charge in [0.05, 0.1) is 26.0 Å². The highest BCUT2D eigenvalue weighted by atomic mass is 16.5. The first-order valence-electron chi connectivity index (χ1n) is 9.99. The van der Waals surface area contributed by atoms with Gasteiger partial charge in [0.2, 0.25) is 0 Å². The summed E-state index contributed by atoms with van der Waals surface area (Å²) in [5.74, 6) is 1.89. The van der Waals surface area contributed by atoms with Crippen molar-refractivity contribution in [3.8, 4) is 5.75 Å². The average molecular weight is 386 g/mol. The number of ether oxygens (including phenoxy) is 2. The molecule has 1 aromatic carbocycles. The van der Waals surface area contributed by atoms with Gasteiger partial charge in [0.15, 0.2) is 5.96 Å². The van der Waals surface area contributed by atoms with Gasteiger partial charge >= 0.3 is 0 Å². The summed E-state index contributed by atoms with van der Waals surface area (Å²) in [5, 5.41) is 7.66. The molecule has 0 radical (unpaired) electrons. The monoisotopic (exact) mass is 385 g/mol. The Kier molecular flexibility index (Phi) is 7.31. The van der Waals surface area contributed by atoms with E-state index in [1.807, 2.05) is 42.3 Å². The van der Waals surface area contributed by atoms with Crippen LogP contribution in [-0.4, -0.2) is 60.0 Å². The Morgan fingerprint density at radius 3 is 3.00 bits per heavy atom. The number of aromatic nitrogens is 2. The van der Waals surface area contributed by atoms with Gasteiger partial charge in [0, 0.05) is 44.9 Å². The molecule has 28 heavy (non-hydrogen) atoms. The zero-order chi connectivity index (χ0) is 19.8. The van der Waals surface area contributed by atoms with Gasteiger partial charge < -0.3 is 19.7 Å². The van der Waals surface area contributed by atoms with E-state index in [1.165, 1.54) is 0 Å². The summed E-state index contributed by atoms with van der Waals surface area (Å²) in [5.41, 5.74) is 2.27. The molecule has 1 saturated heterocycles. The molecule has 152 valence electrons. The molecule has 1 aliphatic rings. The number of benzene rings is 1. The second-order valence-corrected chi connectivity index (χ2v) is 6.96. The molecule has 2 aromatic rings. The summed E-state index contributed by atoms with van der Waals surface area (Å²) in [6, 6.07) is 8.10. The molecule has 1 fully saturated rings. The molecule has 7 nitrogen and oxygen atoms in total. The van der Waals surface area contributed by atoms with Gasteiger partial charge in [-0.2, -0.15) is 5.10 Å². The Morgan fingerprint density at radius 2 is 2.25 bits per heavy atom. The van der Waals surface area contributed by atoms with E-state index in [1.54, 1.807) is 0 Å². The summed E-state index contributed by atoms with van der Waals surface area (Å²) in [7, 11) is 1.93. The highest BCUT2D eigenvalue weighted by Gasteiger charge is 2.25. The molecule has 3 rings (SSSR count). The van der Waals surface area contributed by atoms with Crippen molar-refractivity contribution in [2.75, 3.05) is 39.4 Å². The second-order valence-electron chi connectivity index (χ2n) is 6.96. The lowest BCUT2D eigenvalue weighted by Gasteiger charge is -2.34. The fraction of sp³-hybridized carbons (Fsp3) is 0.524. The third kappa shape index (κ3) is 5.48. The van der Waals surface area contributed by atoms with Crippen molar-refractivity contribution >= 4 is 5.96 Å². The van der Waals surface area contributed by atoms with Crippen molar-refractivity contribution in [1.82, 2.24) is 20.0 Å². The molecule has 0 aliphatic carbocycles. The van der Waals surface area contributed by atoms with Crippen molar-refractivity contribution in [3.05, 3.63) is 47.8 Å². The molecule has 1 unspecified atom stereocenters. The molecule has 1 aliphatic heterocycles. The van der Waals surface area contributed by atoms with E-state index >= 15 is 0 Å². The minimum absolute atomic E-state index is 0.0238. The van der Waals surface area contributed by atoms with E-state index in [4.69, 9.17) is 14.5 Å². The van der Waals surface area contributed by atoms with E-state index in [2.05, 4.69) is 35.2 Å². The molecule has 0 saturated carbocycles. The number of aliphatic imine (C=N–C) groups is 1. The van der Waals surface area contributed by atoms with Crippen LogP contribution in [0.3, 0.4) is 0 Å². The van der Waals surface area contributed by atoms with E-state index in [0.29, 0.717) is 13.2 Å². The Hall–Kier alpha value is -2.54. The van der Waals surface area contributed by atoms with E-state index in [-0.39, 0.29) is 6.10 Å². The zero-order valence-electron chi connectivity index (χ0n) is 17.1. The summed E-state index contributed by atoms with van der Waals surface area (Å²) in [4.78, 5) is 7.07. The predicted molar refractivity (Wildman–Crippen MR) is 111 cm³/mol. The molecule has 1 N–H and O–H groups in total. The lowest BCUT2D eigenvalue weighted by Crippen LogP contribution is -2.48.